The zero-order valence-corrected chi connectivity index (χ0v) is 15.7. The van der Waals surface area contributed by atoms with Crippen molar-refractivity contribution < 1.29 is 19.4 Å². The summed E-state index contributed by atoms with van der Waals surface area (Å²) in [6.45, 7) is 2.93. The molecule has 0 fully saturated rings. The molecule has 7 nitrogen and oxygen atoms in total. The number of hydrogen-bond donors (Lipinski definition) is 1. The monoisotopic (exact) mass is 379 g/mol. The number of benzene rings is 2. The molecule has 2 aromatic carbocycles. The molecule has 1 aromatic heterocycles. The Balaban J connectivity index is 2.03. The summed E-state index contributed by atoms with van der Waals surface area (Å²) in [7, 11) is 1.60. The Morgan fingerprint density at radius 1 is 1.04 bits per heavy atom. The average molecular weight is 379 g/mol. The minimum absolute atomic E-state index is 0.233. The molecule has 0 bridgehead atoms. The zero-order valence-electron chi connectivity index (χ0n) is 15.7. The fourth-order valence-corrected chi connectivity index (χ4v) is 2.81. The second-order valence-corrected chi connectivity index (χ2v) is 5.95. The molecule has 0 spiro atoms. The first-order valence-corrected chi connectivity index (χ1v) is 8.78. The summed E-state index contributed by atoms with van der Waals surface area (Å²) in [6, 6.07) is 12.4. The van der Waals surface area contributed by atoms with Crippen molar-refractivity contribution in [2.45, 2.75) is 13.5 Å². The summed E-state index contributed by atoms with van der Waals surface area (Å²) in [6.07, 6.45) is 4.98. The number of carbonyl (C=O) groups is 1. The topological polar surface area (TPSA) is 84.8 Å². The number of aromatic carboxylic acids is 1. The molecule has 0 atom stereocenters. The molecule has 28 heavy (non-hydrogen) atoms. The predicted molar refractivity (Wildman–Crippen MR) is 105 cm³/mol. The van der Waals surface area contributed by atoms with Crippen LogP contribution in [0.5, 0.6) is 11.5 Å². The predicted octanol–water partition coefficient (Wildman–Crippen LogP) is 3.92. The van der Waals surface area contributed by atoms with E-state index in [0.29, 0.717) is 24.7 Å². The van der Waals surface area contributed by atoms with Crippen LogP contribution in [0.1, 0.15) is 22.8 Å². The lowest BCUT2D eigenvalue weighted by Gasteiger charge is -2.26. The highest BCUT2D eigenvalue weighted by molar-refractivity contribution is 5.88. The number of aromatic nitrogens is 2. The summed E-state index contributed by atoms with van der Waals surface area (Å²) in [4.78, 5) is 21.4. The minimum Gasteiger partial charge on any atom is -0.493 e. The Labute approximate surface area is 163 Å². The number of hydrogen-bond acceptors (Lipinski definition) is 6. The summed E-state index contributed by atoms with van der Waals surface area (Å²) in [5.74, 6) is 0.325. The van der Waals surface area contributed by atoms with Crippen LogP contribution in [0.15, 0.2) is 61.2 Å². The molecule has 0 radical (unpaired) electrons. The van der Waals surface area contributed by atoms with Gasteiger partial charge in [0.2, 0.25) is 0 Å². The number of anilines is 2. The molecule has 1 heterocycles. The van der Waals surface area contributed by atoms with Crippen LogP contribution in [-0.2, 0) is 6.54 Å². The van der Waals surface area contributed by atoms with Crippen LogP contribution in [0.25, 0.3) is 0 Å². The number of carboxylic acids is 1. The fourth-order valence-electron chi connectivity index (χ4n) is 2.81. The van der Waals surface area contributed by atoms with Gasteiger partial charge in [-0.05, 0) is 43.3 Å². The first-order chi connectivity index (χ1) is 13.6. The van der Waals surface area contributed by atoms with Crippen molar-refractivity contribution in [3.05, 3.63) is 72.3 Å². The van der Waals surface area contributed by atoms with E-state index in [9.17, 15) is 4.79 Å². The van der Waals surface area contributed by atoms with Gasteiger partial charge in [0, 0.05) is 35.4 Å². The molecule has 3 aromatic rings. The van der Waals surface area contributed by atoms with E-state index in [2.05, 4.69) is 9.97 Å². The Bertz CT molecular complexity index is 930. The van der Waals surface area contributed by atoms with Crippen molar-refractivity contribution >= 4 is 17.3 Å². The highest BCUT2D eigenvalue weighted by Gasteiger charge is 2.15. The molecule has 0 unspecified atom stereocenters. The standard InChI is InChI=1S/C21H21N3O4/c1-3-28-20-10-18(8-9-19(20)27-2)24(13-15-11-22-14-23-12-15)17-6-4-16(5-7-17)21(25)26/h4-12,14H,3,13H2,1-2H3,(H,25,26). The molecule has 0 amide bonds. The minimum atomic E-state index is -0.961. The van der Waals surface area contributed by atoms with Gasteiger partial charge in [-0.1, -0.05) is 0 Å². The highest BCUT2D eigenvalue weighted by atomic mass is 16.5. The van der Waals surface area contributed by atoms with Gasteiger partial charge in [-0.2, -0.15) is 0 Å². The van der Waals surface area contributed by atoms with Crippen molar-refractivity contribution in [3.63, 3.8) is 0 Å². The van der Waals surface area contributed by atoms with E-state index >= 15 is 0 Å². The van der Waals surface area contributed by atoms with Crippen LogP contribution in [0.4, 0.5) is 11.4 Å². The van der Waals surface area contributed by atoms with E-state index in [1.165, 1.54) is 6.33 Å². The first kappa shape index (κ1) is 19.2. The van der Waals surface area contributed by atoms with Crippen LogP contribution in [0, 0.1) is 0 Å². The second-order valence-electron chi connectivity index (χ2n) is 5.95. The van der Waals surface area contributed by atoms with Crippen molar-refractivity contribution in [3.8, 4) is 11.5 Å². The Morgan fingerprint density at radius 2 is 1.71 bits per heavy atom. The number of methoxy groups -OCH3 is 1. The zero-order chi connectivity index (χ0) is 19.9. The molecule has 1 N–H and O–H groups in total. The summed E-state index contributed by atoms with van der Waals surface area (Å²) in [5, 5.41) is 9.16. The largest absolute Gasteiger partial charge is 0.493 e. The molecule has 7 heteroatoms. The smallest absolute Gasteiger partial charge is 0.335 e. The molecular weight excluding hydrogens is 358 g/mol. The van der Waals surface area contributed by atoms with Gasteiger partial charge in [0.05, 0.1) is 25.8 Å². The van der Waals surface area contributed by atoms with Crippen molar-refractivity contribution in [2.24, 2.45) is 0 Å². The van der Waals surface area contributed by atoms with Gasteiger partial charge in [-0.3, -0.25) is 0 Å². The van der Waals surface area contributed by atoms with Crippen LogP contribution in [0.3, 0.4) is 0 Å². The molecule has 0 aliphatic rings. The highest BCUT2D eigenvalue weighted by Crippen LogP contribution is 2.35. The van der Waals surface area contributed by atoms with Crippen molar-refractivity contribution in [1.29, 1.82) is 0 Å². The Kier molecular flexibility index (Phi) is 6.06. The molecular formula is C21H21N3O4. The Morgan fingerprint density at radius 3 is 2.32 bits per heavy atom. The molecule has 0 saturated heterocycles. The van der Waals surface area contributed by atoms with Gasteiger partial charge in [-0.25, -0.2) is 14.8 Å². The van der Waals surface area contributed by atoms with E-state index in [4.69, 9.17) is 14.6 Å². The SMILES string of the molecule is CCOc1cc(N(Cc2cncnc2)c2ccc(C(=O)O)cc2)ccc1OC. The quantitative estimate of drug-likeness (QED) is 0.635. The number of rotatable bonds is 8. The number of ether oxygens (including phenoxy) is 2. The van der Waals surface area contributed by atoms with Crippen LogP contribution in [-0.4, -0.2) is 34.8 Å². The summed E-state index contributed by atoms with van der Waals surface area (Å²) in [5.41, 5.74) is 2.85. The first-order valence-electron chi connectivity index (χ1n) is 8.78. The third-order valence-electron chi connectivity index (χ3n) is 4.14. The maximum absolute atomic E-state index is 11.2. The number of nitrogens with zero attached hydrogens (tertiary/aromatic N) is 3. The van der Waals surface area contributed by atoms with Gasteiger partial charge in [0.15, 0.2) is 11.5 Å². The van der Waals surface area contributed by atoms with Gasteiger partial charge < -0.3 is 19.5 Å². The second kappa shape index (κ2) is 8.85. The van der Waals surface area contributed by atoms with Gasteiger partial charge in [0.25, 0.3) is 0 Å². The maximum Gasteiger partial charge on any atom is 0.335 e. The van der Waals surface area contributed by atoms with Gasteiger partial charge in [0.1, 0.15) is 6.33 Å². The van der Waals surface area contributed by atoms with E-state index in [1.54, 1.807) is 43.8 Å². The summed E-state index contributed by atoms with van der Waals surface area (Å²) >= 11 is 0. The van der Waals surface area contributed by atoms with Crippen LogP contribution < -0.4 is 14.4 Å². The van der Waals surface area contributed by atoms with Crippen molar-refractivity contribution in [2.75, 3.05) is 18.6 Å². The molecule has 144 valence electrons. The van der Waals surface area contributed by atoms with E-state index in [1.807, 2.05) is 30.0 Å². The normalized spacial score (nSPS) is 10.4. The fraction of sp³-hybridized carbons (Fsp3) is 0.190. The van der Waals surface area contributed by atoms with E-state index in [-0.39, 0.29) is 5.56 Å². The van der Waals surface area contributed by atoms with Gasteiger partial charge >= 0.3 is 5.97 Å². The average Bonchev–Trinajstić information content (AvgIpc) is 2.73. The third-order valence-corrected chi connectivity index (χ3v) is 4.14. The van der Waals surface area contributed by atoms with Crippen LogP contribution in [0.2, 0.25) is 0 Å². The van der Waals surface area contributed by atoms with Crippen LogP contribution >= 0.6 is 0 Å². The van der Waals surface area contributed by atoms with Gasteiger partial charge in [-0.15, -0.1) is 0 Å². The molecule has 3 rings (SSSR count). The lowest BCUT2D eigenvalue weighted by Crippen LogP contribution is -2.17. The molecule has 0 aliphatic carbocycles. The lowest BCUT2D eigenvalue weighted by atomic mass is 10.1. The lowest BCUT2D eigenvalue weighted by molar-refractivity contribution is 0.0697. The Hall–Kier alpha value is -3.61. The van der Waals surface area contributed by atoms with E-state index in [0.717, 1.165) is 16.9 Å². The molecule has 0 saturated carbocycles. The van der Waals surface area contributed by atoms with E-state index < -0.39 is 5.97 Å². The number of carboxylic acid groups (broad SMARTS) is 1. The van der Waals surface area contributed by atoms with Crippen molar-refractivity contribution in [1.82, 2.24) is 9.97 Å². The third kappa shape index (κ3) is 4.37. The maximum atomic E-state index is 11.2. The molecule has 0 aliphatic heterocycles. The summed E-state index contributed by atoms with van der Waals surface area (Å²) < 4.78 is 11.1.